The van der Waals surface area contributed by atoms with E-state index in [1.54, 1.807) is 23.3 Å². The van der Waals surface area contributed by atoms with Crippen LogP contribution in [0.25, 0.3) is 22.2 Å². The molecule has 1 aliphatic heterocycles. The van der Waals surface area contributed by atoms with Crippen LogP contribution in [0.4, 0.5) is 8.78 Å². The number of pyridine rings is 1. The number of nitrogens with zero attached hydrogens (tertiary/aromatic N) is 4. The van der Waals surface area contributed by atoms with Crippen molar-refractivity contribution >= 4 is 16.9 Å². The van der Waals surface area contributed by atoms with Crippen molar-refractivity contribution in [1.82, 2.24) is 19.4 Å². The fourth-order valence-electron chi connectivity index (χ4n) is 2.85. The first kappa shape index (κ1) is 14.7. The SMILES string of the molecule is O=C(Cn1cnc2cc(-c3ccncc3)ccc21)N1CC(F)(F)C1. The average Bonchev–Trinajstić information content (AvgIpc) is 2.95. The van der Waals surface area contributed by atoms with Gasteiger partial charge in [-0.3, -0.25) is 9.78 Å². The number of carbonyl (C=O) groups excluding carboxylic acids is 1. The van der Waals surface area contributed by atoms with Crippen molar-refractivity contribution in [3.05, 3.63) is 49.1 Å². The van der Waals surface area contributed by atoms with Crippen LogP contribution in [0.1, 0.15) is 0 Å². The fourth-order valence-corrected chi connectivity index (χ4v) is 2.85. The first-order valence-electron chi connectivity index (χ1n) is 7.53. The van der Waals surface area contributed by atoms with E-state index in [1.165, 1.54) is 0 Å². The molecular formula is C17H14F2N4O. The van der Waals surface area contributed by atoms with E-state index in [0.717, 1.165) is 27.1 Å². The number of imidazole rings is 1. The van der Waals surface area contributed by atoms with Gasteiger partial charge in [0.05, 0.1) is 30.5 Å². The van der Waals surface area contributed by atoms with Crippen molar-refractivity contribution in [2.75, 3.05) is 13.1 Å². The summed E-state index contributed by atoms with van der Waals surface area (Å²) < 4.78 is 27.4. The molecule has 5 nitrogen and oxygen atoms in total. The van der Waals surface area contributed by atoms with E-state index in [2.05, 4.69) is 9.97 Å². The monoisotopic (exact) mass is 328 g/mol. The van der Waals surface area contributed by atoms with Crippen molar-refractivity contribution < 1.29 is 13.6 Å². The minimum absolute atomic E-state index is 0.0151. The molecular weight excluding hydrogens is 314 g/mol. The fraction of sp³-hybridized carbons (Fsp3) is 0.235. The number of rotatable bonds is 3. The van der Waals surface area contributed by atoms with Crippen LogP contribution < -0.4 is 0 Å². The highest BCUT2D eigenvalue weighted by molar-refractivity contribution is 5.84. The highest BCUT2D eigenvalue weighted by atomic mass is 19.3. The van der Waals surface area contributed by atoms with Gasteiger partial charge in [-0.05, 0) is 35.4 Å². The lowest BCUT2D eigenvalue weighted by atomic mass is 10.1. The molecule has 0 bridgehead atoms. The van der Waals surface area contributed by atoms with Crippen LogP contribution in [0.5, 0.6) is 0 Å². The maximum Gasteiger partial charge on any atom is 0.282 e. The van der Waals surface area contributed by atoms with Gasteiger partial charge in [-0.25, -0.2) is 13.8 Å². The topological polar surface area (TPSA) is 51.0 Å². The summed E-state index contributed by atoms with van der Waals surface area (Å²) in [4.78, 5) is 21.5. The Morgan fingerprint density at radius 3 is 2.58 bits per heavy atom. The Morgan fingerprint density at radius 1 is 1.12 bits per heavy atom. The maximum absolute atomic E-state index is 12.9. The van der Waals surface area contributed by atoms with E-state index in [-0.39, 0.29) is 12.5 Å². The predicted octanol–water partition coefficient (Wildman–Crippen LogP) is 2.58. The van der Waals surface area contributed by atoms with Crippen molar-refractivity contribution in [2.24, 2.45) is 0 Å². The molecule has 24 heavy (non-hydrogen) atoms. The number of alkyl halides is 2. The third-order valence-corrected chi connectivity index (χ3v) is 4.14. The van der Waals surface area contributed by atoms with Gasteiger partial charge >= 0.3 is 0 Å². The number of likely N-dealkylation sites (tertiary alicyclic amines) is 1. The molecule has 4 rings (SSSR count). The second-order valence-electron chi connectivity index (χ2n) is 5.92. The molecule has 0 N–H and O–H groups in total. The summed E-state index contributed by atoms with van der Waals surface area (Å²) in [5.41, 5.74) is 3.59. The highest BCUT2D eigenvalue weighted by Gasteiger charge is 2.46. The van der Waals surface area contributed by atoms with Gasteiger partial charge in [0.2, 0.25) is 5.91 Å². The summed E-state index contributed by atoms with van der Waals surface area (Å²) in [7, 11) is 0. The molecule has 0 aliphatic carbocycles. The molecule has 0 spiro atoms. The molecule has 0 unspecified atom stereocenters. The van der Waals surface area contributed by atoms with Crippen LogP contribution in [0.2, 0.25) is 0 Å². The van der Waals surface area contributed by atoms with Crippen LogP contribution in [-0.4, -0.2) is 44.4 Å². The molecule has 1 aliphatic rings. The Hall–Kier alpha value is -2.83. The second kappa shape index (κ2) is 5.36. The van der Waals surface area contributed by atoms with E-state index in [1.807, 2.05) is 30.3 Å². The summed E-state index contributed by atoms with van der Waals surface area (Å²) in [5.74, 6) is -3.06. The van der Waals surface area contributed by atoms with Crippen molar-refractivity contribution in [2.45, 2.75) is 12.5 Å². The molecule has 0 atom stereocenters. The summed E-state index contributed by atoms with van der Waals surface area (Å²) in [5, 5.41) is 0. The van der Waals surface area contributed by atoms with E-state index in [4.69, 9.17) is 0 Å². The zero-order valence-electron chi connectivity index (χ0n) is 12.7. The van der Waals surface area contributed by atoms with E-state index >= 15 is 0 Å². The first-order chi connectivity index (χ1) is 11.5. The van der Waals surface area contributed by atoms with Gasteiger partial charge in [-0.2, -0.15) is 0 Å². The Labute approximate surface area is 136 Å². The van der Waals surface area contributed by atoms with E-state index < -0.39 is 19.0 Å². The number of halogens is 2. The normalized spacial score (nSPS) is 16.2. The molecule has 0 saturated carbocycles. The summed E-state index contributed by atoms with van der Waals surface area (Å²) in [6, 6.07) is 9.58. The minimum atomic E-state index is -2.74. The standard InChI is InChI=1S/C17H14F2N4O/c18-17(19)9-23(10-17)16(24)8-22-11-21-14-7-13(1-2-15(14)22)12-3-5-20-6-4-12/h1-7,11H,8-10H2. The molecule has 122 valence electrons. The van der Waals surface area contributed by atoms with Gasteiger partial charge in [0.1, 0.15) is 6.54 Å². The van der Waals surface area contributed by atoms with Crippen molar-refractivity contribution in [3.8, 4) is 11.1 Å². The quantitative estimate of drug-likeness (QED) is 0.742. The molecule has 1 saturated heterocycles. The largest absolute Gasteiger partial charge is 0.329 e. The minimum Gasteiger partial charge on any atom is -0.329 e. The number of aromatic nitrogens is 3. The highest BCUT2D eigenvalue weighted by Crippen LogP contribution is 2.27. The molecule has 1 fully saturated rings. The molecule has 7 heteroatoms. The van der Waals surface area contributed by atoms with Crippen LogP contribution >= 0.6 is 0 Å². The van der Waals surface area contributed by atoms with Crippen molar-refractivity contribution in [3.63, 3.8) is 0 Å². The summed E-state index contributed by atoms with van der Waals surface area (Å²) in [6.45, 7) is -0.976. The van der Waals surface area contributed by atoms with Gasteiger partial charge in [-0.15, -0.1) is 0 Å². The first-order valence-corrected chi connectivity index (χ1v) is 7.53. The molecule has 1 amide bonds. The summed E-state index contributed by atoms with van der Waals surface area (Å²) >= 11 is 0. The lowest BCUT2D eigenvalue weighted by Gasteiger charge is -2.38. The zero-order valence-corrected chi connectivity index (χ0v) is 12.7. The number of hydrogen-bond acceptors (Lipinski definition) is 3. The van der Waals surface area contributed by atoms with Gasteiger partial charge in [0, 0.05) is 12.4 Å². The molecule has 3 aromatic rings. The van der Waals surface area contributed by atoms with Crippen LogP contribution in [0, 0.1) is 0 Å². The van der Waals surface area contributed by atoms with E-state index in [9.17, 15) is 13.6 Å². The molecule has 1 aromatic carbocycles. The van der Waals surface area contributed by atoms with Crippen molar-refractivity contribution in [1.29, 1.82) is 0 Å². The Kier molecular flexibility index (Phi) is 3.30. The Morgan fingerprint density at radius 2 is 1.88 bits per heavy atom. The summed E-state index contributed by atoms with van der Waals surface area (Å²) in [6.07, 6.45) is 5.01. The lowest BCUT2D eigenvalue weighted by Crippen LogP contribution is -2.59. The van der Waals surface area contributed by atoms with Crippen LogP contribution in [0.3, 0.4) is 0 Å². The Bertz CT molecular complexity index is 899. The lowest BCUT2D eigenvalue weighted by molar-refractivity contribution is -0.166. The predicted molar refractivity (Wildman–Crippen MR) is 84.5 cm³/mol. The number of hydrogen-bond donors (Lipinski definition) is 0. The molecule has 0 radical (unpaired) electrons. The smallest absolute Gasteiger partial charge is 0.282 e. The number of fused-ring (bicyclic) bond motifs is 1. The average molecular weight is 328 g/mol. The van der Waals surface area contributed by atoms with Crippen LogP contribution in [-0.2, 0) is 11.3 Å². The van der Waals surface area contributed by atoms with E-state index in [0.29, 0.717) is 0 Å². The number of amides is 1. The van der Waals surface area contributed by atoms with Gasteiger partial charge < -0.3 is 9.47 Å². The van der Waals surface area contributed by atoms with Crippen LogP contribution in [0.15, 0.2) is 49.1 Å². The Balaban J connectivity index is 1.56. The van der Waals surface area contributed by atoms with Gasteiger partial charge in [0.15, 0.2) is 0 Å². The number of benzene rings is 1. The number of carbonyl (C=O) groups is 1. The zero-order chi connectivity index (χ0) is 16.7. The van der Waals surface area contributed by atoms with Gasteiger partial charge in [0.25, 0.3) is 5.92 Å². The molecule has 2 aromatic heterocycles. The molecule has 3 heterocycles. The maximum atomic E-state index is 12.9. The van der Waals surface area contributed by atoms with Gasteiger partial charge in [-0.1, -0.05) is 6.07 Å². The third kappa shape index (κ3) is 2.62. The third-order valence-electron chi connectivity index (χ3n) is 4.14. The second-order valence-corrected chi connectivity index (χ2v) is 5.92.